The van der Waals surface area contributed by atoms with Crippen LogP contribution in [0.1, 0.15) is 22.8 Å². The molecule has 21 heavy (non-hydrogen) atoms. The van der Waals surface area contributed by atoms with Crippen LogP contribution >= 0.6 is 0 Å². The molecule has 2 aromatic carbocycles. The van der Waals surface area contributed by atoms with Crippen molar-refractivity contribution in [3.05, 3.63) is 70.8 Å². The molecule has 1 nitrogen and oxygen atoms in total. The van der Waals surface area contributed by atoms with Gasteiger partial charge in [-0.15, -0.1) is 0 Å². The van der Waals surface area contributed by atoms with E-state index in [0.29, 0.717) is 0 Å². The smallest absolute Gasteiger partial charge is 0.388 e. The van der Waals surface area contributed by atoms with E-state index >= 15 is 0 Å². The number of halogens is 5. The molecule has 1 atom stereocenters. The van der Waals surface area contributed by atoms with Crippen LogP contribution in [0.5, 0.6) is 0 Å². The zero-order valence-electron chi connectivity index (χ0n) is 10.7. The molecule has 0 radical (unpaired) electrons. The summed E-state index contributed by atoms with van der Waals surface area (Å²) in [5.41, 5.74) is -1.03. The van der Waals surface area contributed by atoms with Crippen molar-refractivity contribution in [1.29, 1.82) is 0 Å². The Kier molecular flexibility index (Phi) is 4.27. The van der Waals surface area contributed by atoms with Crippen LogP contribution < -0.4 is 0 Å². The van der Waals surface area contributed by atoms with E-state index in [0.717, 1.165) is 24.3 Å². The number of aliphatic hydroxyl groups is 1. The first-order valence-corrected chi connectivity index (χ1v) is 6.07. The number of hydrogen-bond donors (Lipinski definition) is 1. The Morgan fingerprint density at radius 2 is 1.62 bits per heavy atom. The minimum atomic E-state index is -4.59. The molecule has 0 bridgehead atoms. The first kappa shape index (κ1) is 15.4. The van der Waals surface area contributed by atoms with Crippen LogP contribution in [0, 0.1) is 11.6 Å². The van der Waals surface area contributed by atoms with E-state index in [-0.39, 0.29) is 17.5 Å². The Bertz CT molecular complexity index is 636. The van der Waals surface area contributed by atoms with Crippen molar-refractivity contribution in [2.75, 3.05) is 0 Å². The summed E-state index contributed by atoms with van der Waals surface area (Å²) >= 11 is 0. The summed E-state index contributed by atoms with van der Waals surface area (Å²) in [6.45, 7) is 0. The van der Waals surface area contributed by atoms with Gasteiger partial charge in [-0.2, -0.15) is 13.2 Å². The molecule has 0 amide bonds. The predicted octanol–water partition coefficient (Wildman–Crippen LogP) is 4.26. The lowest BCUT2D eigenvalue weighted by molar-refractivity contribution is -0.139. The second kappa shape index (κ2) is 5.81. The van der Waals surface area contributed by atoms with E-state index in [2.05, 4.69) is 0 Å². The van der Waals surface area contributed by atoms with Crippen LogP contribution in [-0.4, -0.2) is 5.11 Å². The zero-order chi connectivity index (χ0) is 15.6. The third-order valence-corrected chi connectivity index (χ3v) is 3.04. The van der Waals surface area contributed by atoms with E-state index in [1.165, 1.54) is 18.2 Å². The lowest BCUT2D eigenvalue weighted by Gasteiger charge is -2.17. The second-order valence-corrected chi connectivity index (χ2v) is 4.55. The van der Waals surface area contributed by atoms with Gasteiger partial charge in [-0.1, -0.05) is 24.3 Å². The molecule has 0 fully saturated rings. The number of benzene rings is 2. The maximum atomic E-state index is 13.1. The summed E-state index contributed by atoms with van der Waals surface area (Å²) in [6, 6.07) is 7.56. The Morgan fingerprint density at radius 1 is 0.952 bits per heavy atom. The summed E-state index contributed by atoms with van der Waals surface area (Å²) in [5.74, 6) is -2.16. The molecule has 0 saturated heterocycles. The maximum absolute atomic E-state index is 13.1. The largest absolute Gasteiger partial charge is 0.416 e. The first-order valence-electron chi connectivity index (χ1n) is 6.07. The van der Waals surface area contributed by atoms with Gasteiger partial charge in [0.2, 0.25) is 0 Å². The molecule has 2 rings (SSSR count). The number of aliphatic hydroxyl groups excluding tert-OH is 1. The van der Waals surface area contributed by atoms with Gasteiger partial charge in [0, 0.05) is 6.42 Å². The van der Waals surface area contributed by atoms with Crippen molar-refractivity contribution in [2.24, 2.45) is 0 Å². The molecule has 0 saturated carbocycles. The van der Waals surface area contributed by atoms with Gasteiger partial charge in [-0.3, -0.25) is 0 Å². The van der Waals surface area contributed by atoms with Gasteiger partial charge in [0.05, 0.1) is 11.7 Å². The molecule has 0 spiro atoms. The highest BCUT2D eigenvalue weighted by molar-refractivity contribution is 5.33. The molecule has 6 heteroatoms. The molecule has 0 aliphatic rings. The molecule has 0 aromatic heterocycles. The average molecular weight is 302 g/mol. The summed E-state index contributed by atoms with van der Waals surface area (Å²) in [7, 11) is 0. The van der Waals surface area contributed by atoms with Crippen molar-refractivity contribution >= 4 is 0 Å². The predicted molar refractivity (Wildman–Crippen MR) is 66.5 cm³/mol. The summed E-state index contributed by atoms with van der Waals surface area (Å²) < 4.78 is 64.4. The topological polar surface area (TPSA) is 20.2 Å². The van der Waals surface area contributed by atoms with Crippen LogP contribution in [0.4, 0.5) is 22.0 Å². The van der Waals surface area contributed by atoms with Crippen LogP contribution in [0.15, 0.2) is 42.5 Å². The lowest BCUT2D eigenvalue weighted by atomic mass is 9.96. The Hall–Kier alpha value is -1.95. The minimum absolute atomic E-state index is 0.207. The average Bonchev–Trinajstić information content (AvgIpc) is 2.42. The normalized spacial score (nSPS) is 13.2. The van der Waals surface area contributed by atoms with Crippen LogP contribution in [0.3, 0.4) is 0 Å². The van der Waals surface area contributed by atoms with Gasteiger partial charge in [0.1, 0.15) is 0 Å². The highest BCUT2D eigenvalue weighted by Gasteiger charge is 2.34. The summed E-state index contributed by atoms with van der Waals surface area (Å²) in [4.78, 5) is 0. The zero-order valence-corrected chi connectivity index (χ0v) is 10.7. The molecule has 1 N–H and O–H groups in total. The maximum Gasteiger partial charge on any atom is 0.416 e. The second-order valence-electron chi connectivity index (χ2n) is 4.55. The number of alkyl halides is 3. The molecule has 0 heterocycles. The Labute approximate surface area is 117 Å². The van der Waals surface area contributed by atoms with Gasteiger partial charge in [-0.05, 0) is 29.3 Å². The van der Waals surface area contributed by atoms with E-state index in [1.54, 1.807) is 0 Å². The van der Waals surface area contributed by atoms with Crippen LogP contribution in [0.25, 0.3) is 0 Å². The summed E-state index contributed by atoms with van der Waals surface area (Å²) in [6.07, 6.45) is -6.30. The third kappa shape index (κ3) is 3.58. The van der Waals surface area contributed by atoms with E-state index in [9.17, 15) is 27.1 Å². The van der Waals surface area contributed by atoms with Gasteiger partial charge >= 0.3 is 6.18 Å². The number of hydrogen-bond acceptors (Lipinski definition) is 1. The van der Waals surface area contributed by atoms with Gasteiger partial charge < -0.3 is 5.11 Å². The monoisotopic (exact) mass is 302 g/mol. The van der Waals surface area contributed by atoms with Gasteiger partial charge in [-0.25, -0.2) is 8.78 Å². The standard InChI is InChI=1S/C15H11F5O/c16-12-6-5-9(7-13(12)17)8-14(21)10-3-1-2-4-11(10)15(18,19)20/h1-7,14,21H,8H2. The molecule has 0 aliphatic heterocycles. The highest BCUT2D eigenvalue weighted by Crippen LogP contribution is 2.35. The van der Waals surface area contributed by atoms with Crippen molar-refractivity contribution < 1.29 is 27.1 Å². The Morgan fingerprint density at radius 3 is 2.24 bits per heavy atom. The summed E-state index contributed by atoms with van der Waals surface area (Å²) in [5, 5.41) is 9.96. The van der Waals surface area contributed by atoms with Crippen LogP contribution in [0.2, 0.25) is 0 Å². The van der Waals surface area contributed by atoms with E-state index in [1.807, 2.05) is 0 Å². The Balaban J connectivity index is 2.28. The molecule has 112 valence electrons. The third-order valence-electron chi connectivity index (χ3n) is 3.04. The quantitative estimate of drug-likeness (QED) is 0.840. The van der Waals surface area contributed by atoms with Crippen LogP contribution in [-0.2, 0) is 12.6 Å². The fourth-order valence-corrected chi connectivity index (χ4v) is 2.05. The lowest BCUT2D eigenvalue weighted by Crippen LogP contribution is -2.13. The molecule has 1 unspecified atom stereocenters. The first-order chi connectivity index (χ1) is 9.79. The SMILES string of the molecule is OC(Cc1ccc(F)c(F)c1)c1ccccc1C(F)(F)F. The van der Waals surface area contributed by atoms with Crippen molar-refractivity contribution in [3.8, 4) is 0 Å². The number of rotatable bonds is 3. The van der Waals surface area contributed by atoms with Crippen molar-refractivity contribution in [3.63, 3.8) is 0 Å². The van der Waals surface area contributed by atoms with E-state index in [4.69, 9.17) is 0 Å². The highest BCUT2D eigenvalue weighted by atomic mass is 19.4. The van der Waals surface area contributed by atoms with Crippen molar-refractivity contribution in [1.82, 2.24) is 0 Å². The fraction of sp³-hybridized carbons (Fsp3) is 0.200. The minimum Gasteiger partial charge on any atom is -0.388 e. The molecular weight excluding hydrogens is 291 g/mol. The molecule has 2 aromatic rings. The van der Waals surface area contributed by atoms with Gasteiger partial charge in [0.15, 0.2) is 11.6 Å². The van der Waals surface area contributed by atoms with Crippen molar-refractivity contribution in [2.45, 2.75) is 18.7 Å². The molecule has 0 aliphatic carbocycles. The van der Waals surface area contributed by atoms with E-state index < -0.39 is 29.5 Å². The fourth-order valence-electron chi connectivity index (χ4n) is 2.05. The van der Waals surface area contributed by atoms with Gasteiger partial charge in [0.25, 0.3) is 0 Å². The molecular formula is C15H11F5O.